The minimum Gasteiger partial charge on any atom is -0.311 e. The zero-order valence-corrected chi connectivity index (χ0v) is 13.2. The highest BCUT2D eigenvalue weighted by atomic mass is 32.2. The molecule has 1 N–H and O–H groups in total. The summed E-state index contributed by atoms with van der Waals surface area (Å²) in [5, 5.41) is 7.58. The van der Waals surface area contributed by atoms with Crippen molar-refractivity contribution in [1.29, 1.82) is 0 Å². The van der Waals surface area contributed by atoms with Crippen LogP contribution in [-0.2, 0) is 23.6 Å². The van der Waals surface area contributed by atoms with Crippen LogP contribution in [0.4, 0.5) is 0 Å². The molecule has 0 saturated carbocycles. The van der Waals surface area contributed by atoms with E-state index in [0.29, 0.717) is 19.0 Å². The van der Waals surface area contributed by atoms with Crippen molar-refractivity contribution in [2.75, 3.05) is 26.4 Å². The molecule has 19 heavy (non-hydrogen) atoms. The standard InChI is InChI=1S/C12H24N4O2S/c1-10(2)12-11(9-16(5)14-12)8-13-6-7-19(17,18)15(3)4/h9-10,13H,6-8H2,1-5H3. The van der Waals surface area contributed by atoms with Crippen molar-refractivity contribution < 1.29 is 8.42 Å². The third-order valence-electron chi connectivity index (χ3n) is 2.89. The smallest absolute Gasteiger partial charge is 0.214 e. The fourth-order valence-electron chi connectivity index (χ4n) is 1.78. The molecular formula is C12H24N4O2S. The van der Waals surface area contributed by atoms with Crippen LogP contribution in [0.2, 0.25) is 0 Å². The van der Waals surface area contributed by atoms with Crippen LogP contribution in [-0.4, -0.2) is 48.9 Å². The van der Waals surface area contributed by atoms with Crippen LogP contribution in [0.25, 0.3) is 0 Å². The molecule has 6 nitrogen and oxygen atoms in total. The Morgan fingerprint density at radius 3 is 2.58 bits per heavy atom. The Kier molecular flexibility index (Phi) is 5.51. The van der Waals surface area contributed by atoms with Crippen LogP contribution in [0.5, 0.6) is 0 Å². The average molecular weight is 288 g/mol. The van der Waals surface area contributed by atoms with Crippen molar-refractivity contribution in [2.45, 2.75) is 26.3 Å². The Bertz CT molecular complexity index is 506. The van der Waals surface area contributed by atoms with Gasteiger partial charge in [-0.3, -0.25) is 4.68 Å². The predicted molar refractivity (Wildman–Crippen MR) is 76.5 cm³/mol. The zero-order chi connectivity index (χ0) is 14.6. The lowest BCUT2D eigenvalue weighted by molar-refractivity contribution is 0.517. The number of aryl methyl sites for hydroxylation is 1. The minimum atomic E-state index is -3.12. The van der Waals surface area contributed by atoms with Gasteiger partial charge in [0.05, 0.1) is 11.4 Å². The first-order valence-electron chi connectivity index (χ1n) is 6.37. The third-order valence-corrected chi connectivity index (χ3v) is 4.73. The Morgan fingerprint density at radius 1 is 1.42 bits per heavy atom. The second-order valence-electron chi connectivity index (χ2n) is 5.14. The second-order valence-corrected chi connectivity index (χ2v) is 7.45. The van der Waals surface area contributed by atoms with E-state index >= 15 is 0 Å². The highest BCUT2D eigenvalue weighted by Crippen LogP contribution is 2.16. The second kappa shape index (κ2) is 6.49. The van der Waals surface area contributed by atoms with E-state index in [9.17, 15) is 8.42 Å². The van der Waals surface area contributed by atoms with Gasteiger partial charge in [0.2, 0.25) is 10.0 Å². The molecule has 0 aliphatic heterocycles. The van der Waals surface area contributed by atoms with Gasteiger partial charge in [0.25, 0.3) is 0 Å². The largest absolute Gasteiger partial charge is 0.311 e. The zero-order valence-electron chi connectivity index (χ0n) is 12.3. The van der Waals surface area contributed by atoms with Crippen LogP contribution in [0, 0.1) is 0 Å². The monoisotopic (exact) mass is 288 g/mol. The van der Waals surface area contributed by atoms with Gasteiger partial charge in [-0.2, -0.15) is 5.10 Å². The van der Waals surface area contributed by atoms with Crippen molar-refractivity contribution in [2.24, 2.45) is 7.05 Å². The van der Waals surface area contributed by atoms with E-state index in [1.807, 2.05) is 13.2 Å². The average Bonchev–Trinajstić information content (AvgIpc) is 2.66. The van der Waals surface area contributed by atoms with E-state index in [1.165, 1.54) is 4.31 Å². The summed E-state index contributed by atoms with van der Waals surface area (Å²) in [6, 6.07) is 0. The summed E-state index contributed by atoms with van der Waals surface area (Å²) in [5.74, 6) is 0.473. The van der Waals surface area contributed by atoms with Crippen LogP contribution in [0.3, 0.4) is 0 Å². The normalized spacial score (nSPS) is 12.6. The van der Waals surface area contributed by atoms with Crippen molar-refractivity contribution in [3.05, 3.63) is 17.5 Å². The molecule has 1 aromatic rings. The molecule has 7 heteroatoms. The number of sulfonamides is 1. The molecular weight excluding hydrogens is 264 g/mol. The Labute approximate surface area is 115 Å². The van der Waals surface area contributed by atoms with Crippen molar-refractivity contribution in [3.63, 3.8) is 0 Å². The number of aromatic nitrogens is 2. The predicted octanol–water partition coefficient (Wildman–Crippen LogP) is 0.525. The lowest BCUT2D eigenvalue weighted by atomic mass is 10.1. The number of rotatable bonds is 7. The van der Waals surface area contributed by atoms with Gasteiger partial charge in [-0.1, -0.05) is 13.8 Å². The molecule has 0 unspecified atom stereocenters. The highest BCUT2D eigenvalue weighted by molar-refractivity contribution is 7.89. The first kappa shape index (κ1) is 16.1. The molecule has 0 saturated heterocycles. The van der Waals surface area contributed by atoms with Gasteiger partial charge in [-0.15, -0.1) is 0 Å². The molecule has 0 aromatic carbocycles. The van der Waals surface area contributed by atoms with Crippen LogP contribution in [0.15, 0.2) is 6.20 Å². The quantitative estimate of drug-likeness (QED) is 0.743. The van der Waals surface area contributed by atoms with Crippen molar-refractivity contribution >= 4 is 10.0 Å². The Hall–Kier alpha value is -0.920. The van der Waals surface area contributed by atoms with Crippen LogP contribution >= 0.6 is 0 Å². The number of hydrogen-bond acceptors (Lipinski definition) is 4. The molecule has 0 bridgehead atoms. The molecule has 1 rings (SSSR count). The lowest BCUT2D eigenvalue weighted by Crippen LogP contribution is -2.31. The summed E-state index contributed by atoms with van der Waals surface area (Å²) in [7, 11) is 1.87. The summed E-state index contributed by atoms with van der Waals surface area (Å²) >= 11 is 0. The van der Waals surface area contributed by atoms with Gasteiger partial charge in [0, 0.05) is 46.0 Å². The third kappa shape index (κ3) is 4.59. The maximum Gasteiger partial charge on any atom is 0.214 e. The number of hydrogen-bond donors (Lipinski definition) is 1. The Balaban J connectivity index is 2.50. The maximum atomic E-state index is 11.6. The van der Waals surface area contributed by atoms with Gasteiger partial charge in [0.1, 0.15) is 0 Å². The molecule has 0 aliphatic rings. The summed E-state index contributed by atoms with van der Waals surface area (Å²) < 4.78 is 26.2. The van der Waals surface area contributed by atoms with Crippen LogP contribution < -0.4 is 5.32 Å². The molecule has 0 aliphatic carbocycles. The van der Waals surface area contributed by atoms with E-state index in [0.717, 1.165) is 11.3 Å². The fourth-order valence-corrected chi connectivity index (χ4v) is 2.55. The molecule has 0 fully saturated rings. The van der Waals surface area contributed by atoms with E-state index in [-0.39, 0.29) is 5.75 Å². The molecule has 0 amide bonds. The summed E-state index contributed by atoms with van der Waals surface area (Å²) in [6.07, 6.45) is 1.97. The van der Waals surface area contributed by atoms with Gasteiger partial charge in [-0.25, -0.2) is 12.7 Å². The molecule has 0 spiro atoms. The fraction of sp³-hybridized carbons (Fsp3) is 0.750. The molecule has 1 heterocycles. The topological polar surface area (TPSA) is 67.2 Å². The molecule has 0 atom stereocenters. The van der Waals surface area contributed by atoms with E-state index < -0.39 is 10.0 Å². The molecule has 1 aromatic heterocycles. The van der Waals surface area contributed by atoms with Gasteiger partial charge >= 0.3 is 0 Å². The summed E-state index contributed by atoms with van der Waals surface area (Å²) in [6.45, 7) is 5.28. The van der Waals surface area contributed by atoms with Crippen LogP contribution in [0.1, 0.15) is 31.0 Å². The molecule has 110 valence electrons. The Morgan fingerprint density at radius 2 is 2.05 bits per heavy atom. The lowest BCUT2D eigenvalue weighted by Gasteiger charge is -2.11. The number of nitrogens with one attached hydrogen (secondary N) is 1. The summed E-state index contributed by atoms with van der Waals surface area (Å²) in [4.78, 5) is 0. The van der Waals surface area contributed by atoms with Gasteiger partial charge < -0.3 is 5.32 Å². The van der Waals surface area contributed by atoms with Gasteiger partial charge in [0.15, 0.2) is 0 Å². The van der Waals surface area contributed by atoms with E-state index in [1.54, 1.807) is 18.8 Å². The van der Waals surface area contributed by atoms with E-state index in [4.69, 9.17) is 0 Å². The first-order chi connectivity index (χ1) is 8.74. The first-order valence-corrected chi connectivity index (χ1v) is 7.98. The highest BCUT2D eigenvalue weighted by Gasteiger charge is 2.14. The van der Waals surface area contributed by atoms with Crippen molar-refractivity contribution in [3.8, 4) is 0 Å². The minimum absolute atomic E-state index is 0.108. The maximum absolute atomic E-state index is 11.6. The van der Waals surface area contributed by atoms with E-state index in [2.05, 4.69) is 24.3 Å². The molecule has 0 radical (unpaired) electrons. The SMILES string of the molecule is CC(C)c1nn(C)cc1CNCCS(=O)(=O)N(C)C. The summed E-state index contributed by atoms with van der Waals surface area (Å²) in [5.41, 5.74) is 2.19. The van der Waals surface area contributed by atoms with Gasteiger partial charge in [-0.05, 0) is 5.92 Å². The number of nitrogens with zero attached hydrogens (tertiary/aromatic N) is 3. The van der Waals surface area contributed by atoms with Crippen molar-refractivity contribution in [1.82, 2.24) is 19.4 Å².